The quantitative estimate of drug-likeness (QED) is 0.500. The third-order valence-corrected chi connectivity index (χ3v) is 4.47. The minimum absolute atomic E-state index is 0.0591. The number of nitrogens with zero attached hydrogens (tertiary/aromatic N) is 3. The Hall–Kier alpha value is -3.48. The van der Waals surface area contributed by atoms with Gasteiger partial charge in [-0.2, -0.15) is 5.10 Å². The summed E-state index contributed by atoms with van der Waals surface area (Å²) < 4.78 is 14.6. The van der Waals surface area contributed by atoms with Gasteiger partial charge in [0.15, 0.2) is 0 Å². The molecule has 0 aliphatic heterocycles. The number of anilines is 1. The number of benzene rings is 2. The van der Waals surface area contributed by atoms with E-state index in [1.807, 2.05) is 18.2 Å². The zero-order valence-corrected chi connectivity index (χ0v) is 13.9. The van der Waals surface area contributed by atoms with Gasteiger partial charge in [-0.05, 0) is 42.7 Å². The monoisotopic (exact) mass is 348 g/mol. The molecule has 1 aliphatic rings. The predicted octanol–water partition coefficient (Wildman–Crippen LogP) is 2.75. The van der Waals surface area contributed by atoms with Crippen LogP contribution >= 0.6 is 0 Å². The highest BCUT2D eigenvalue weighted by atomic mass is 19.1. The number of halogens is 1. The van der Waals surface area contributed by atoms with Crippen LogP contribution in [0.15, 0.2) is 53.8 Å². The lowest BCUT2D eigenvalue weighted by atomic mass is 10.0. The van der Waals surface area contributed by atoms with Crippen LogP contribution in [0.5, 0.6) is 0 Å². The minimum atomic E-state index is -0.301. The Bertz CT molecular complexity index is 1030. The lowest BCUT2D eigenvalue weighted by Gasteiger charge is -2.06. The molecule has 26 heavy (non-hydrogen) atoms. The van der Waals surface area contributed by atoms with Gasteiger partial charge in [-0.3, -0.25) is 5.41 Å². The van der Waals surface area contributed by atoms with Gasteiger partial charge >= 0.3 is 0 Å². The first-order chi connectivity index (χ1) is 12.5. The van der Waals surface area contributed by atoms with Gasteiger partial charge in [0, 0.05) is 16.7 Å². The highest BCUT2D eigenvalue weighted by Crippen LogP contribution is 2.27. The highest BCUT2D eigenvalue weighted by molar-refractivity contribution is 6.08. The Balaban J connectivity index is 1.72. The van der Waals surface area contributed by atoms with Gasteiger partial charge in [0.2, 0.25) is 5.95 Å². The number of hydrogen-bond acceptors (Lipinski definition) is 4. The van der Waals surface area contributed by atoms with Gasteiger partial charge < -0.3 is 11.5 Å². The van der Waals surface area contributed by atoms with Crippen molar-refractivity contribution in [3.8, 4) is 11.3 Å². The number of rotatable bonds is 3. The van der Waals surface area contributed by atoms with Crippen LogP contribution in [0.4, 0.5) is 10.3 Å². The number of nitrogens with one attached hydrogen (secondary N) is 1. The molecule has 3 aromatic rings. The molecule has 0 fully saturated rings. The summed E-state index contributed by atoms with van der Waals surface area (Å²) in [6.45, 7) is 0. The molecule has 0 unspecified atom stereocenters. The summed E-state index contributed by atoms with van der Waals surface area (Å²) in [7, 11) is 0. The Morgan fingerprint density at radius 1 is 1.15 bits per heavy atom. The molecule has 0 radical (unpaired) electrons. The predicted molar refractivity (Wildman–Crippen MR) is 99.7 cm³/mol. The van der Waals surface area contributed by atoms with Crippen molar-refractivity contribution in [2.45, 2.75) is 12.8 Å². The number of aromatic nitrogens is 2. The second kappa shape index (κ2) is 6.11. The number of fused-ring (bicyclic) bond motifs is 1. The van der Waals surface area contributed by atoms with Crippen molar-refractivity contribution in [3.63, 3.8) is 0 Å². The van der Waals surface area contributed by atoms with Crippen LogP contribution in [-0.2, 0) is 6.42 Å². The number of hydrogen-bond donors (Lipinski definition) is 3. The van der Waals surface area contributed by atoms with E-state index in [9.17, 15) is 4.39 Å². The van der Waals surface area contributed by atoms with Gasteiger partial charge in [0.05, 0.1) is 17.6 Å². The van der Waals surface area contributed by atoms with Crippen LogP contribution in [0.1, 0.15) is 23.1 Å². The summed E-state index contributed by atoms with van der Waals surface area (Å²) in [5, 5.41) is 12.3. The first-order valence-corrected chi connectivity index (χ1v) is 8.18. The van der Waals surface area contributed by atoms with E-state index >= 15 is 0 Å². The van der Waals surface area contributed by atoms with Crippen molar-refractivity contribution >= 4 is 17.5 Å². The SMILES string of the molecule is N=C(N)c1cccc2c1CCC2=Nn1cc(-c2ccc(F)cc2)nc1N. The van der Waals surface area contributed by atoms with Crippen molar-refractivity contribution in [3.05, 3.63) is 71.2 Å². The Labute approximate surface area is 149 Å². The van der Waals surface area contributed by atoms with Crippen LogP contribution in [0.3, 0.4) is 0 Å². The number of amidine groups is 1. The van der Waals surface area contributed by atoms with E-state index in [1.165, 1.54) is 16.8 Å². The molecule has 2 aromatic carbocycles. The van der Waals surface area contributed by atoms with E-state index in [1.54, 1.807) is 18.3 Å². The molecule has 7 heteroatoms. The fourth-order valence-electron chi connectivity index (χ4n) is 3.22. The Morgan fingerprint density at radius 3 is 2.65 bits per heavy atom. The second-order valence-corrected chi connectivity index (χ2v) is 6.13. The summed E-state index contributed by atoms with van der Waals surface area (Å²) in [5.41, 5.74) is 16.7. The molecule has 1 heterocycles. The van der Waals surface area contributed by atoms with Gasteiger partial charge in [0.25, 0.3) is 0 Å². The largest absolute Gasteiger partial charge is 0.384 e. The van der Waals surface area contributed by atoms with E-state index in [0.717, 1.165) is 40.8 Å². The molecule has 0 spiro atoms. The number of imidazole rings is 1. The fraction of sp³-hybridized carbons (Fsp3) is 0.105. The van der Waals surface area contributed by atoms with Gasteiger partial charge in [0.1, 0.15) is 11.7 Å². The average molecular weight is 348 g/mol. The molecular weight excluding hydrogens is 331 g/mol. The zero-order chi connectivity index (χ0) is 18.3. The fourth-order valence-corrected chi connectivity index (χ4v) is 3.22. The molecule has 6 nitrogen and oxygen atoms in total. The van der Waals surface area contributed by atoms with E-state index in [4.69, 9.17) is 16.9 Å². The van der Waals surface area contributed by atoms with Crippen LogP contribution in [0.25, 0.3) is 11.3 Å². The van der Waals surface area contributed by atoms with E-state index in [-0.39, 0.29) is 17.6 Å². The normalized spacial score (nSPS) is 14.6. The molecule has 1 aromatic heterocycles. The van der Waals surface area contributed by atoms with Crippen molar-refractivity contribution in [1.29, 1.82) is 5.41 Å². The van der Waals surface area contributed by atoms with Crippen molar-refractivity contribution in [2.24, 2.45) is 10.8 Å². The molecule has 0 atom stereocenters. The summed E-state index contributed by atoms with van der Waals surface area (Å²) in [5.74, 6) is 0.0158. The third kappa shape index (κ3) is 2.73. The lowest BCUT2D eigenvalue weighted by molar-refractivity contribution is 0.628. The molecule has 4 rings (SSSR count). The van der Waals surface area contributed by atoms with E-state index in [2.05, 4.69) is 10.1 Å². The lowest BCUT2D eigenvalue weighted by Crippen LogP contribution is -2.13. The maximum Gasteiger partial charge on any atom is 0.221 e. The molecule has 5 N–H and O–H groups in total. The molecule has 0 saturated heterocycles. The molecule has 0 amide bonds. The summed E-state index contributed by atoms with van der Waals surface area (Å²) in [6, 6.07) is 11.8. The number of nitrogens with two attached hydrogens (primary N) is 2. The summed E-state index contributed by atoms with van der Waals surface area (Å²) in [6.07, 6.45) is 3.24. The minimum Gasteiger partial charge on any atom is -0.384 e. The van der Waals surface area contributed by atoms with Crippen LogP contribution in [0, 0.1) is 11.2 Å². The van der Waals surface area contributed by atoms with Crippen LogP contribution in [0.2, 0.25) is 0 Å². The molecule has 130 valence electrons. The van der Waals surface area contributed by atoms with Gasteiger partial charge in [-0.1, -0.05) is 18.2 Å². The third-order valence-electron chi connectivity index (χ3n) is 4.47. The molecule has 0 bridgehead atoms. The molecular formula is C19H17FN6. The smallest absolute Gasteiger partial charge is 0.221 e. The Kier molecular flexibility index (Phi) is 3.76. The second-order valence-electron chi connectivity index (χ2n) is 6.13. The van der Waals surface area contributed by atoms with Crippen molar-refractivity contribution in [1.82, 2.24) is 9.66 Å². The van der Waals surface area contributed by atoms with Crippen molar-refractivity contribution < 1.29 is 4.39 Å². The number of nitrogen functional groups attached to an aromatic ring is 2. The summed E-state index contributed by atoms with van der Waals surface area (Å²) in [4.78, 5) is 4.31. The average Bonchev–Trinajstić information content (AvgIpc) is 3.20. The first kappa shape index (κ1) is 16.0. The highest BCUT2D eigenvalue weighted by Gasteiger charge is 2.22. The van der Waals surface area contributed by atoms with Gasteiger partial charge in [-0.25, -0.2) is 14.1 Å². The topological polar surface area (TPSA) is 106 Å². The zero-order valence-electron chi connectivity index (χ0n) is 13.9. The Morgan fingerprint density at radius 2 is 1.92 bits per heavy atom. The van der Waals surface area contributed by atoms with Gasteiger partial charge in [-0.15, -0.1) is 0 Å². The standard InChI is InChI=1S/C19H17FN6/c20-12-6-4-11(5-7-12)17-10-26(19(23)24-17)25-16-9-8-13-14(16)2-1-3-15(13)18(21)22/h1-7,10H,8-9H2,(H3,21,22)(H2,23,24). The van der Waals surface area contributed by atoms with E-state index < -0.39 is 0 Å². The maximum absolute atomic E-state index is 13.1. The van der Waals surface area contributed by atoms with Crippen LogP contribution < -0.4 is 11.5 Å². The molecule has 1 aliphatic carbocycles. The maximum atomic E-state index is 13.1. The first-order valence-electron chi connectivity index (χ1n) is 8.18. The summed E-state index contributed by atoms with van der Waals surface area (Å²) >= 11 is 0. The van der Waals surface area contributed by atoms with E-state index in [0.29, 0.717) is 5.69 Å². The van der Waals surface area contributed by atoms with Crippen LogP contribution in [-0.4, -0.2) is 21.2 Å². The molecule has 0 saturated carbocycles. The van der Waals surface area contributed by atoms with Crippen molar-refractivity contribution in [2.75, 3.05) is 5.73 Å².